The maximum Gasteiger partial charge on any atom is 0.328 e. The van der Waals surface area contributed by atoms with Gasteiger partial charge in [0.25, 0.3) is 5.91 Å². The molecule has 5 rings (SSSR count). The van der Waals surface area contributed by atoms with Crippen molar-refractivity contribution in [2.24, 2.45) is 14.1 Å². The normalized spacial score (nSPS) is 14.3. The maximum atomic E-state index is 13.0. The van der Waals surface area contributed by atoms with E-state index in [4.69, 9.17) is 4.42 Å². The van der Waals surface area contributed by atoms with Crippen molar-refractivity contribution >= 4 is 39.7 Å². The lowest BCUT2D eigenvalue weighted by atomic mass is 10.1. The lowest BCUT2D eigenvalue weighted by molar-refractivity contribution is 0.102. The molecule has 1 amide bonds. The van der Waals surface area contributed by atoms with Gasteiger partial charge in [0.05, 0.1) is 28.7 Å². The van der Waals surface area contributed by atoms with E-state index in [1.54, 1.807) is 40.9 Å². The van der Waals surface area contributed by atoms with E-state index in [0.29, 0.717) is 22.1 Å². The Morgan fingerprint density at radius 3 is 2.58 bits per heavy atom. The Balaban J connectivity index is 1.53. The number of hydrogen-bond acceptors (Lipinski definition) is 6. The summed E-state index contributed by atoms with van der Waals surface area (Å²) in [7, 11) is 3.52. The Morgan fingerprint density at radius 2 is 1.87 bits per heavy atom. The first-order valence-corrected chi connectivity index (χ1v) is 11.2. The smallest absolute Gasteiger partial charge is 0.328 e. The van der Waals surface area contributed by atoms with Crippen molar-refractivity contribution in [3.05, 3.63) is 52.1 Å². The van der Waals surface area contributed by atoms with E-state index in [-0.39, 0.29) is 11.6 Å². The molecule has 0 radical (unpaired) electrons. The molecule has 1 N–H and O–H groups in total. The van der Waals surface area contributed by atoms with Gasteiger partial charge in [-0.15, -0.1) is 11.3 Å². The minimum absolute atomic E-state index is 0.0920. The van der Waals surface area contributed by atoms with Gasteiger partial charge in [0.2, 0.25) is 0 Å². The molecule has 3 aromatic heterocycles. The molecule has 1 aromatic carbocycles. The van der Waals surface area contributed by atoms with Gasteiger partial charge in [-0.1, -0.05) is 0 Å². The summed E-state index contributed by atoms with van der Waals surface area (Å²) in [6.07, 6.45) is 5.01. The number of carbonyl (C=O) groups is 1. The van der Waals surface area contributed by atoms with Gasteiger partial charge >= 0.3 is 5.69 Å². The molecule has 0 bridgehead atoms. The van der Waals surface area contributed by atoms with Crippen LogP contribution in [0.1, 0.15) is 29.8 Å². The number of aryl methyl sites for hydroxylation is 2. The molecule has 0 unspecified atom stereocenters. The first-order valence-electron chi connectivity index (χ1n) is 10.3. The summed E-state index contributed by atoms with van der Waals surface area (Å²) < 4.78 is 8.62. The van der Waals surface area contributed by atoms with E-state index in [9.17, 15) is 9.59 Å². The van der Waals surface area contributed by atoms with E-state index in [1.807, 2.05) is 18.2 Å². The fourth-order valence-electron chi connectivity index (χ4n) is 4.11. The predicted molar refractivity (Wildman–Crippen MR) is 122 cm³/mol. The molecule has 0 spiro atoms. The SMILES string of the molecule is Cn1c(=O)n(C)c2cc(N3CCCCC3)c(NC(=O)c3csc(-c4ccco4)n3)cc21. The van der Waals surface area contributed by atoms with Crippen LogP contribution in [-0.4, -0.2) is 33.1 Å². The second-order valence-electron chi connectivity index (χ2n) is 7.78. The second-order valence-corrected chi connectivity index (χ2v) is 8.63. The zero-order chi connectivity index (χ0) is 21.5. The number of benzene rings is 1. The third-order valence-electron chi connectivity index (χ3n) is 5.80. The van der Waals surface area contributed by atoms with Crippen LogP contribution in [0.25, 0.3) is 21.8 Å². The highest BCUT2D eigenvalue weighted by Gasteiger charge is 2.21. The molecule has 0 aliphatic carbocycles. The minimum atomic E-state index is -0.285. The fraction of sp³-hybridized carbons (Fsp3) is 0.318. The van der Waals surface area contributed by atoms with Crippen LogP contribution in [0.4, 0.5) is 11.4 Å². The molecule has 1 aliphatic rings. The molecular weight excluding hydrogens is 414 g/mol. The molecule has 4 heterocycles. The van der Waals surface area contributed by atoms with Crippen molar-refractivity contribution < 1.29 is 9.21 Å². The second kappa shape index (κ2) is 7.73. The van der Waals surface area contributed by atoms with Gasteiger partial charge < -0.3 is 14.6 Å². The molecule has 0 atom stereocenters. The summed E-state index contributed by atoms with van der Waals surface area (Å²) in [5, 5.41) is 5.43. The summed E-state index contributed by atoms with van der Waals surface area (Å²) >= 11 is 1.36. The third-order valence-corrected chi connectivity index (χ3v) is 6.66. The van der Waals surface area contributed by atoms with Crippen molar-refractivity contribution in [1.82, 2.24) is 14.1 Å². The third kappa shape index (κ3) is 3.44. The summed E-state index contributed by atoms with van der Waals surface area (Å²) in [5.41, 5.74) is 3.49. The van der Waals surface area contributed by atoms with Crippen molar-refractivity contribution in [3.63, 3.8) is 0 Å². The Hall–Kier alpha value is -3.33. The van der Waals surface area contributed by atoms with Crippen molar-refractivity contribution in [1.29, 1.82) is 0 Å². The summed E-state index contributed by atoms with van der Waals surface area (Å²) in [5.74, 6) is 0.353. The zero-order valence-electron chi connectivity index (χ0n) is 17.4. The van der Waals surface area contributed by atoms with Crippen LogP contribution in [0.3, 0.4) is 0 Å². The number of aromatic nitrogens is 3. The first-order chi connectivity index (χ1) is 15.0. The summed E-state index contributed by atoms with van der Waals surface area (Å²) in [6.45, 7) is 1.85. The highest BCUT2D eigenvalue weighted by molar-refractivity contribution is 7.13. The predicted octanol–water partition coefficient (Wildman–Crippen LogP) is 3.84. The highest BCUT2D eigenvalue weighted by atomic mass is 32.1. The minimum Gasteiger partial charge on any atom is -0.462 e. The number of carbonyl (C=O) groups excluding carboxylic acids is 1. The number of furan rings is 1. The van der Waals surface area contributed by atoms with Gasteiger partial charge in [0.15, 0.2) is 10.8 Å². The van der Waals surface area contributed by atoms with Gasteiger partial charge in [-0.25, -0.2) is 9.78 Å². The maximum absolute atomic E-state index is 13.0. The number of rotatable bonds is 4. The summed E-state index contributed by atoms with van der Waals surface area (Å²) in [4.78, 5) is 32.2. The lowest BCUT2D eigenvalue weighted by Gasteiger charge is -2.30. The topological polar surface area (TPSA) is 85.3 Å². The van der Waals surface area contributed by atoms with Gasteiger partial charge in [-0.05, 0) is 43.5 Å². The van der Waals surface area contributed by atoms with Crippen LogP contribution in [0, 0.1) is 0 Å². The quantitative estimate of drug-likeness (QED) is 0.524. The average Bonchev–Trinajstić information content (AvgIpc) is 3.53. The number of anilines is 2. The average molecular weight is 438 g/mol. The van der Waals surface area contributed by atoms with Crippen LogP contribution >= 0.6 is 11.3 Å². The zero-order valence-corrected chi connectivity index (χ0v) is 18.2. The van der Waals surface area contributed by atoms with Crippen LogP contribution in [0.5, 0.6) is 0 Å². The number of thiazole rings is 1. The van der Waals surface area contributed by atoms with E-state index in [0.717, 1.165) is 42.7 Å². The number of nitrogens with one attached hydrogen (secondary N) is 1. The lowest BCUT2D eigenvalue weighted by Crippen LogP contribution is -2.30. The van der Waals surface area contributed by atoms with Gasteiger partial charge in [0.1, 0.15) is 5.69 Å². The largest absolute Gasteiger partial charge is 0.462 e. The molecule has 4 aromatic rings. The molecule has 1 aliphatic heterocycles. The van der Waals surface area contributed by atoms with Crippen molar-refractivity contribution in [3.8, 4) is 10.8 Å². The number of fused-ring (bicyclic) bond motifs is 1. The Bertz CT molecular complexity index is 1310. The van der Waals surface area contributed by atoms with E-state index >= 15 is 0 Å². The first kappa shape index (κ1) is 19.6. The molecule has 1 fully saturated rings. The number of imidazole rings is 1. The van der Waals surface area contributed by atoms with Gasteiger partial charge in [0, 0.05) is 32.6 Å². The Labute approximate surface area is 182 Å². The standard InChI is InChI=1S/C22H23N5O3S/c1-25-17-11-14(23-20(28)15-13-31-21(24-15)19-7-6-10-30-19)16(27-8-4-3-5-9-27)12-18(17)26(2)22(25)29/h6-7,10-13H,3-5,8-9H2,1-2H3,(H,23,28). The van der Waals surface area contributed by atoms with E-state index in [1.165, 1.54) is 17.8 Å². The molecule has 1 saturated heterocycles. The number of nitrogens with zero attached hydrogens (tertiary/aromatic N) is 4. The molecule has 0 saturated carbocycles. The van der Waals surface area contributed by atoms with E-state index < -0.39 is 0 Å². The molecular formula is C22H23N5O3S. The molecule has 160 valence electrons. The van der Waals surface area contributed by atoms with Gasteiger partial charge in [-0.2, -0.15) is 0 Å². The molecule has 9 heteroatoms. The van der Waals surface area contributed by atoms with Crippen LogP contribution in [0.2, 0.25) is 0 Å². The number of piperidine rings is 1. The van der Waals surface area contributed by atoms with E-state index in [2.05, 4.69) is 15.2 Å². The molecule has 31 heavy (non-hydrogen) atoms. The van der Waals surface area contributed by atoms with Crippen LogP contribution in [-0.2, 0) is 14.1 Å². The van der Waals surface area contributed by atoms with Crippen LogP contribution < -0.4 is 15.9 Å². The molecule has 8 nitrogen and oxygen atoms in total. The van der Waals surface area contributed by atoms with Crippen molar-refractivity contribution in [2.75, 3.05) is 23.3 Å². The monoisotopic (exact) mass is 437 g/mol. The van der Waals surface area contributed by atoms with Gasteiger partial charge in [-0.3, -0.25) is 13.9 Å². The Morgan fingerprint density at radius 1 is 1.13 bits per heavy atom. The summed E-state index contributed by atoms with van der Waals surface area (Å²) in [6, 6.07) is 7.50. The van der Waals surface area contributed by atoms with Crippen LogP contribution in [0.15, 0.2) is 45.1 Å². The Kier molecular flexibility index (Phi) is 4.90. The van der Waals surface area contributed by atoms with Crippen molar-refractivity contribution in [2.45, 2.75) is 19.3 Å². The highest BCUT2D eigenvalue weighted by Crippen LogP contribution is 2.33. The fourth-order valence-corrected chi connectivity index (χ4v) is 4.87. The number of amides is 1. The number of hydrogen-bond donors (Lipinski definition) is 1.